The highest BCUT2D eigenvalue weighted by atomic mass is 16.3. The summed E-state index contributed by atoms with van der Waals surface area (Å²) in [5.41, 5.74) is 3.06. The number of aromatic nitrogens is 1. The molecule has 4 heteroatoms. The van der Waals surface area contributed by atoms with Gasteiger partial charge in [0.05, 0.1) is 12.1 Å². The predicted molar refractivity (Wildman–Crippen MR) is 68.0 cm³/mol. The van der Waals surface area contributed by atoms with Gasteiger partial charge in [-0.2, -0.15) is 0 Å². The summed E-state index contributed by atoms with van der Waals surface area (Å²) in [6, 6.07) is 7.99. The fourth-order valence-electron chi connectivity index (χ4n) is 1.71. The van der Waals surface area contributed by atoms with Crippen molar-refractivity contribution in [3.63, 3.8) is 0 Å². The summed E-state index contributed by atoms with van der Waals surface area (Å²) in [6.07, 6.45) is 1.59. The Morgan fingerprint density at radius 2 is 2.11 bits per heavy atom. The minimum atomic E-state index is -0.0573. The van der Waals surface area contributed by atoms with Crippen molar-refractivity contribution in [1.29, 1.82) is 0 Å². The van der Waals surface area contributed by atoms with Gasteiger partial charge in [0.25, 0.3) is 0 Å². The van der Waals surface area contributed by atoms with Gasteiger partial charge in [-0.1, -0.05) is 24.3 Å². The van der Waals surface area contributed by atoms with Gasteiger partial charge in [0.1, 0.15) is 5.76 Å². The number of amides is 1. The van der Waals surface area contributed by atoms with E-state index in [1.807, 2.05) is 38.1 Å². The zero-order valence-electron chi connectivity index (χ0n) is 10.6. The third-order valence-corrected chi connectivity index (χ3v) is 2.90. The summed E-state index contributed by atoms with van der Waals surface area (Å²) in [5.74, 6) is 0.565. The fraction of sp³-hybridized carbons (Fsp3) is 0.286. The summed E-state index contributed by atoms with van der Waals surface area (Å²) in [7, 11) is 0. The lowest BCUT2D eigenvalue weighted by Crippen LogP contribution is -2.25. The summed E-state index contributed by atoms with van der Waals surface area (Å²) < 4.78 is 5.14. The Kier molecular flexibility index (Phi) is 3.77. The fourth-order valence-corrected chi connectivity index (χ4v) is 1.71. The van der Waals surface area contributed by atoms with Crippen LogP contribution in [0.25, 0.3) is 0 Å². The molecule has 1 aromatic carbocycles. The Hall–Kier alpha value is -2.10. The van der Waals surface area contributed by atoms with Crippen molar-refractivity contribution in [2.45, 2.75) is 26.8 Å². The standard InChI is InChI=1S/C14H16N2O2/c1-10-5-3-4-6-12(10)8-15-14(17)7-13-11(2)16-9-18-13/h3-6,9H,7-8H2,1-2H3,(H,15,17). The van der Waals surface area contributed by atoms with Crippen LogP contribution in [-0.2, 0) is 17.8 Å². The first-order valence-corrected chi connectivity index (χ1v) is 5.87. The molecule has 1 heterocycles. The zero-order chi connectivity index (χ0) is 13.0. The highest BCUT2D eigenvalue weighted by Crippen LogP contribution is 2.08. The minimum Gasteiger partial charge on any atom is -0.448 e. The van der Waals surface area contributed by atoms with Crippen LogP contribution in [0.1, 0.15) is 22.6 Å². The topological polar surface area (TPSA) is 55.1 Å². The third-order valence-electron chi connectivity index (χ3n) is 2.90. The maximum Gasteiger partial charge on any atom is 0.227 e. The molecule has 18 heavy (non-hydrogen) atoms. The molecule has 4 nitrogen and oxygen atoms in total. The number of aryl methyl sites for hydroxylation is 2. The van der Waals surface area contributed by atoms with Gasteiger partial charge in [-0.3, -0.25) is 4.79 Å². The molecule has 2 rings (SSSR count). The van der Waals surface area contributed by atoms with Crippen molar-refractivity contribution in [2.75, 3.05) is 0 Å². The first-order valence-electron chi connectivity index (χ1n) is 5.87. The largest absolute Gasteiger partial charge is 0.448 e. The molecule has 0 aliphatic heterocycles. The van der Waals surface area contributed by atoms with Crippen LogP contribution in [-0.4, -0.2) is 10.9 Å². The van der Waals surface area contributed by atoms with Gasteiger partial charge in [0, 0.05) is 6.54 Å². The van der Waals surface area contributed by atoms with Gasteiger partial charge in [-0.25, -0.2) is 4.98 Å². The lowest BCUT2D eigenvalue weighted by molar-refractivity contribution is -0.120. The second kappa shape index (κ2) is 5.49. The van der Waals surface area contributed by atoms with Crippen molar-refractivity contribution in [3.8, 4) is 0 Å². The van der Waals surface area contributed by atoms with E-state index in [1.54, 1.807) is 0 Å². The summed E-state index contributed by atoms with van der Waals surface area (Å²) in [4.78, 5) is 15.7. The molecule has 0 spiro atoms. The lowest BCUT2D eigenvalue weighted by atomic mass is 10.1. The molecule has 0 unspecified atom stereocenters. The molecule has 0 radical (unpaired) electrons. The normalized spacial score (nSPS) is 10.3. The molecule has 0 saturated heterocycles. The van der Waals surface area contributed by atoms with Gasteiger partial charge < -0.3 is 9.73 Å². The molecule has 0 atom stereocenters. The summed E-state index contributed by atoms with van der Waals surface area (Å²) in [6.45, 7) is 4.40. The third kappa shape index (κ3) is 2.97. The van der Waals surface area contributed by atoms with Crippen LogP contribution in [0.4, 0.5) is 0 Å². The minimum absolute atomic E-state index is 0.0573. The molecule has 0 bridgehead atoms. The number of nitrogens with one attached hydrogen (secondary N) is 1. The van der Waals surface area contributed by atoms with Crippen molar-refractivity contribution in [1.82, 2.24) is 10.3 Å². The van der Waals surface area contributed by atoms with E-state index in [-0.39, 0.29) is 12.3 Å². The first-order chi connectivity index (χ1) is 8.66. The first kappa shape index (κ1) is 12.4. The molecule has 2 aromatic rings. The maximum absolute atomic E-state index is 11.7. The van der Waals surface area contributed by atoms with Crippen LogP contribution >= 0.6 is 0 Å². The van der Waals surface area contributed by atoms with Gasteiger partial charge in [0.15, 0.2) is 6.39 Å². The molecule has 0 saturated carbocycles. The van der Waals surface area contributed by atoms with Crippen molar-refractivity contribution < 1.29 is 9.21 Å². The van der Waals surface area contributed by atoms with Gasteiger partial charge in [-0.15, -0.1) is 0 Å². The number of nitrogens with zero attached hydrogens (tertiary/aromatic N) is 1. The number of oxazole rings is 1. The highest BCUT2D eigenvalue weighted by Gasteiger charge is 2.09. The van der Waals surface area contributed by atoms with E-state index in [0.29, 0.717) is 12.3 Å². The van der Waals surface area contributed by atoms with Crippen LogP contribution < -0.4 is 5.32 Å². The molecule has 1 aromatic heterocycles. The molecule has 1 amide bonds. The molecule has 0 fully saturated rings. The van der Waals surface area contributed by atoms with Gasteiger partial charge in [0.2, 0.25) is 5.91 Å². The Bertz CT molecular complexity index is 546. The smallest absolute Gasteiger partial charge is 0.227 e. The van der Waals surface area contributed by atoms with Crippen molar-refractivity contribution >= 4 is 5.91 Å². The van der Waals surface area contributed by atoms with Crippen LogP contribution in [0.5, 0.6) is 0 Å². The average molecular weight is 244 g/mol. The lowest BCUT2D eigenvalue weighted by Gasteiger charge is -2.07. The van der Waals surface area contributed by atoms with E-state index in [0.717, 1.165) is 11.3 Å². The van der Waals surface area contributed by atoms with E-state index in [2.05, 4.69) is 10.3 Å². The van der Waals surface area contributed by atoms with Crippen LogP contribution in [0.3, 0.4) is 0 Å². The predicted octanol–water partition coefficient (Wildman–Crippen LogP) is 2.15. The number of carbonyl (C=O) groups is 1. The van der Waals surface area contributed by atoms with Gasteiger partial charge >= 0.3 is 0 Å². The van der Waals surface area contributed by atoms with Crippen LogP contribution in [0, 0.1) is 13.8 Å². The van der Waals surface area contributed by atoms with Crippen LogP contribution in [0.2, 0.25) is 0 Å². The van der Waals surface area contributed by atoms with Gasteiger partial charge in [-0.05, 0) is 25.0 Å². The molecule has 0 aliphatic rings. The second-order valence-corrected chi connectivity index (χ2v) is 4.24. The number of carbonyl (C=O) groups excluding carboxylic acids is 1. The second-order valence-electron chi connectivity index (χ2n) is 4.24. The Labute approximate surface area is 106 Å². The number of benzene rings is 1. The van der Waals surface area contributed by atoms with E-state index in [1.165, 1.54) is 12.0 Å². The van der Waals surface area contributed by atoms with E-state index in [4.69, 9.17) is 4.42 Å². The maximum atomic E-state index is 11.7. The zero-order valence-corrected chi connectivity index (χ0v) is 10.6. The molecular formula is C14H16N2O2. The number of rotatable bonds is 4. The van der Waals surface area contributed by atoms with E-state index >= 15 is 0 Å². The molecule has 1 N–H and O–H groups in total. The summed E-state index contributed by atoms with van der Waals surface area (Å²) >= 11 is 0. The monoisotopic (exact) mass is 244 g/mol. The Morgan fingerprint density at radius 3 is 2.78 bits per heavy atom. The van der Waals surface area contributed by atoms with E-state index < -0.39 is 0 Å². The van der Waals surface area contributed by atoms with Crippen molar-refractivity contribution in [3.05, 3.63) is 53.2 Å². The van der Waals surface area contributed by atoms with Crippen molar-refractivity contribution in [2.24, 2.45) is 0 Å². The molecular weight excluding hydrogens is 228 g/mol. The van der Waals surface area contributed by atoms with Crippen LogP contribution in [0.15, 0.2) is 35.1 Å². The quantitative estimate of drug-likeness (QED) is 0.896. The number of hydrogen-bond acceptors (Lipinski definition) is 3. The van der Waals surface area contributed by atoms with E-state index in [9.17, 15) is 4.79 Å². The Morgan fingerprint density at radius 1 is 1.33 bits per heavy atom. The number of hydrogen-bond donors (Lipinski definition) is 1. The molecule has 0 aliphatic carbocycles. The summed E-state index contributed by atoms with van der Waals surface area (Å²) in [5, 5.41) is 2.88. The molecule has 94 valence electrons. The Balaban J connectivity index is 1.90. The average Bonchev–Trinajstić information content (AvgIpc) is 2.74. The SMILES string of the molecule is Cc1ccccc1CNC(=O)Cc1ocnc1C. The highest BCUT2D eigenvalue weighted by molar-refractivity contribution is 5.78.